The van der Waals surface area contributed by atoms with Gasteiger partial charge in [0.05, 0.1) is 23.7 Å². The smallest absolute Gasteiger partial charge is 0.219 e. The zero-order chi connectivity index (χ0) is 14.5. The first-order valence-corrected chi connectivity index (χ1v) is 7.26. The summed E-state index contributed by atoms with van der Waals surface area (Å²) in [6, 6.07) is 3.89. The van der Waals surface area contributed by atoms with Crippen LogP contribution in [0, 0.1) is 0 Å². The van der Waals surface area contributed by atoms with E-state index >= 15 is 0 Å². The molecule has 1 aliphatic heterocycles. The number of hydrogen-bond donors (Lipinski definition) is 1. The number of aliphatic hydroxyl groups is 1. The zero-order valence-electron chi connectivity index (χ0n) is 12.2. The molecule has 0 spiro atoms. The van der Waals surface area contributed by atoms with Crippen molar-refractivity contribution in [2.24, 2.45) is 0 Å². The molecule has 0 aromatic carbocycles. The number of carbonyl (C=O) groups excluding carboxylic acids is 1. The lowest BCUT2D eigenvalue weighted by Gasteiger charge is -2.23. The summed E-state index contributed by atoms with van der Waals surface area (Å²) >= 11 is 0. The van der Waals surface area contributed by atoms with E-state index in [0.29, 0.717) is 6.42 Å². The number of aliphatic hydroxyl groups excluding tert-OH is 1. The van der Waals surface area contributed by atoms with Crippen molar-refractivity contribution < 1.29 is 9.90 Å². The predicted octanol–water partition coefficient (Wildman–Crippen LogP) is 1.58. The van der Waals surface area contributed by atoms with Crippen LogP contribution < -0.4 is 4.90 Å². The van der Waals surface area contributed by atoms with Crippen LogP contribution in [0.4, 0.5) is 5.69 Å². The summed E-state index contributed by atoms with van der Waals surface area (Å²) in [5.41, 5.74) is 1.78. The maximum Gasteiger partial charge on any atom is 0.219 e. The normalized spacial score (nSPS) is 17.8. The van der Waals surface area contributed by atoms with Crippen molar-refractivity contribution in [2.45, 2.75) is 32.8 Å². The molecule has 5 heteroatoms. The Morgan fingerprint density at radius 2 is 2.15 bits per heavy atom. The Labute approximate surface area is 120 Å². The molecule has 0 unspecified atom stereocenters. The zero-order valence-corrected chi connectivity index (χ0v) is 12.2. The molecule has 0 radical (unpaired) electrons. The lowest BCUT2D eigenvalue weighted by molar-refractivity contribution is -0.128. The molecular formula is C15H23N3O2. The molecule has 1 fully saturated rings. The van der Waals surface area contributed by atoms with Crippen LogP contribution in [0.1, 0.15) is 38.5 Å². The minimum atomic E-state index is -0.485. The predicted molar refractivity (Wildman–Crippen MR) is 78.6 cm³/mol. The second kappa shape index (κ2) is 6.70. The maximum atomic E-state index is 11.4. The van der Waals surface area contributed by atoms with E-state index in [1.165, 1.54) is 0 Å². The molecule has 1 N–H and O–H groups in total. The molecule has 5 nitrogen and oxygen atoms in total. The van der Waals surface area contributed by atoms with Crippen molar-refractivity contribution in [1.29, 1.82) is 0 Å². The summed E-state index contributed by atoms with van der Waals surface area (Å²) in [4.78, 5) is 19.9. The maximum absolute atomic E-state index is 11.4. The van der Waals surface area contributed by atoms with Crippen molar-refractivity contribution in [2.75, 3.05) is 31.1 Å². The molecule has 1 aromatic heterocycles. The third-order valence-corrected chi connectivity index (χ3v) is 3.81. The van der Waals surface area contributed by atoms with Gasteiger partial charge in [0.1, 0.15) is 0 Å². The van der Waals surface area contributed by atoms with Crippen molar-refractivity contribution in [3.63, 3.8) is 0 Å². The van der Waals surface area contributed by atoms with E-state index in [0.717, 1.165) is 44.0 Å². The lowest BCUT2D eigenvalue weighted by atomic mass is 10.2. The Morgan fingerprint density at radius 1 is 1.35 bits per heavy atom. The third-order valence-electron chi connectivity index (χ3n) is 3.81. The van der Waals surface area contributed by atoms with Gasteiger partial charge in [-0.3, -0.25) is 9.78 Å². The van der Waals surface area contributed by atoms with Gasteiger partial charge in [-0.2, -0.15) is 0 Å². The summed E-state index contributed by atoms with van der Waals surface area (Å²) in [6.07, 6.45) is 2.97. The van der Waals surface area contributed by atoms with E-state index in [9.17, 15) is 9.90 Å². The van der Waals surface area contributed by atoms with Gasteiger partial charge in [-0.15, -0.1) is 0 Å². The van der Waals surface area contributed by atoms with Crippen molar-refractivity contribution >= 4 is 11.6 Å². The van der Waals surface area contributed by atoms with Crippen LogP contribution in [0.25, 0.3) is 0 Å². The number of amides is 1. The Morgan fingerprint density at radius 3 is 2.75 bits per heavy atom. The first-order chi connectivity index (χ1) is 9.61. The summed E-state index contributed by atoms with van der Waals surface area (Å²) in [7, 11) is 0. The monoisotopic (exact) mass is 277 g/mol. The summed E-state index contributed by atoms with van der Waals surface area (Å²) in [5, 5.41) is 9.75. The fourth-order valence-corrected chi connectivity index (χ4v) is 2.48. The van der Waals surface area contributed by atoms with Crippen LogP contribution in [-0.2, 0) is 4.79 Å². The standard InChI is InChI=1S/C15H23N3O2/c1-3-15(20)14-6-5-13(11-16-14)18-8-4-7-17(9-10-18)12(2)19/h5-6,11,15,20H,3-4,7-10H2,1-2H3/t15-/m1/s1. The molecule has 1 atom stereocenters. The molecular weight excluding hydrogens is 254 g/mol. The van der Waals surface area contributed by atoms with Crippen LogP contribution in [0.5, 0.6) is 0 Å². The molecule has 1 saturated heterocycles. The average Bonchev–Trinajstić information content (AvgIpc) is 2.72. The lowest BCUT2D eigenvalue weighted by Crippen LogP contribution is -2.33. The van der Waals surface area contributed by atoms with Gasteiger partial charge in [0.2, 0.25) is 5.91 Å². The highest BCUT2D eigenvalue weighted by atomic mass is 16.3. The average molecular weight is 277 g/mol. The number of aromatic nitrogens is 1. The Bertz CT molecular complexity index is 447. The van der Waals surface area contributed by atoms with Crippen LogP contribution >= 0.6 is 0 Å². The first kappa shape index (κ1) is 14.8. The Kier molecular flexibility index (Phi) is 4.95. The summed E-state index contributed by atoms with van der Waals surface area (Å²) in [5.74, 6) is 0.145. The van der Waals surface area contributed by atoms with E-state index in [1.807, 2.05) is 30.2 Å². The molecule has 20 heavy (non-hydrogen) atoms. The molecule has 1 aliphatic rings. The van der Waals surface area contributed by atoms with Gasteiger partial charge in [0.25, 0.3) is 0 Å². The highest BCUT2D eigenvalue weighted by Crippen LogP contribution is 2.19. The molecule has 2 rings (SSSR count). The number of nitrogens with zero attached hydrogens (tertiary/aromatic N) is 3. The Hall–Kier alpha value is -1.62. The second-order valence-electron chi connectivity index (χ2n) is 5.21. The number of hydrogen-bond acceptors (Lipinski definition) is 4. The van der Waals surface area contributed by atoms with Gasteiger partial charge in [0.15, 0.2) is 0 Å². The van der Waals surface area contributed by atoms with Crippen LogP contribution in [0.3, 0.4) is 0 Å². The van der Waals surface area contributed by atoms with Crippen LogP contribution in [0.2, 0.25) is 0 Å². The van der Waals surface area contributed by atoms with Gasteiger partial charge in [-0.05, 0) is 25.0 Å². The van der Waals surface area contributed by atoms with Gasteiger partial charge in [-0.25, -0.2) is 0 Å². The van der Waals surface area contributed by atoms with Gasteiger partial charge in [0, 0.05) is 33.1 Å². The highest BCUT2D eigenvalue weighted by molar-refractivity contribution is 5.73. The summed E-state index contributed by atoms with van der Waals surface area (Å²) in [6.45, 7) is 6.90. The minimum Gasteiger partial charge on any atom is -0.387 e. The second-order valence-corrected chi connectivity index (χ2v) is 5.21. The molecule has 2 heterocycles. The van der Waals surface area contributed by atoms with Crippen molar-refractivity contribution in [1.82, 2.24) is 9.88 Å². The largest absolute Gasteiger partial charge is 0.387 e. The number of carbonyl (C=O) groups is 1. The molecule has 1 amide bonds. The van der Waals surface area contributed by atoms with Gasteiger partial charge in [-0.1, -0.05) is 6.92 Å². The fourth-order valence-electron chi connectivity index (χ4n) is 2.48. The van der Waals surface area contributed by atoms with Crippen LogP contribution in [0.15, 0.2) is 18.3 Å². The van der Waals surface area contributed by atoms with Crippen LogP contribution in [-0.4, -0.2) is 47.1 Å². The molecule has 1 aromatic rings. The molecule has 0 aliphatic carbocycles. The summed E-state index contributed by atoms with van der Waals surface area (Å²) < 4.78 is 0. The minimum absolute atomic E-state index is 0.145. The van der Waals surface area contributed by atoms with Crippen molar-refractivity contribution in [3.05, 3.63) is 24.0 Å². The van der Waals surface area contributed by atoms with Gasteiger partial charge < -0.3 is 14.9 Å². The molecule has 0 saturated carbocycles. The van der Waals surface area contributed by atoms with E-state index < -0.39 is 6.10 Å². The number of pyridine rings is 1. The van der Waals surface area contributed by atoms with Crippen molar-refractivity contribution in [3.8, 4) is 0 Å². The highest BCUT2D eigenvalue weighted by Gasteiger charge is 2.17. The SMILES string of the molecule is CC[C@@H](O)c1ccc(N2CCCN(C(C)=O)CC2)cn1. The third kappa shape index (κ3) is 3.48. The molecule has 0 bridgehead atoms. The topological polar surface area (TPSA) is 56.7 Å². The quantitative estimate of drug-likeness (QED) is 0.911. The number of rotatable bonds is 3. The van der Waals surface area contributed by atoms with E-state index in [-0.39, 0.29) is 5.91 Å². The van der Waals surface area contributed by atoms with Gasteiger partial charge >= 0.3 is 0 Å². The fraction of sp³-hybridized carbons (Fsp3) is 0.600. The van der Waals surface area contributed by atoms with E-state index in [2.05, 4.69) is 9.88 Å². The Balaban J connectivity index is 2.02. The first-order valence-electron chi connectivity index (χ1n) is 7.26. The van der Waals surface area contributed by atoms with E-state index in [1.54, 1.807) is 6.92 Å². The number of anilines is 1. The molecule has 110 valence electrons. The van der Waals surface area contributed by atoms with E-state index in [4.69, 9.17) is 0 Å².